The summed E-state index contributed by atoms with van der Waals surface area (Å²) in [4.78, 5) is 24.6. The van der Waals surface area contributed by atoms with Crippen molar-refractivity contribution in [2.75, 3.05) is 6.26 Å². The molecule has 0 aliphatic carbocycles. The topological polar surface area (TPSA) is 126 Å². The summed E-state index contributed by atoms with van der Waals surface area (Å²) in [5, 5.41) is 20.6. The van der Waals surface area contributed by atoms with Crippen molar-refractivity contribution in [3.8, 4) is 11.1 Å². The molecule has 8 nitrogen and oxygen atoms in total. The molecule has 0 saturated carbocycles. The first-order valence-corrected chi connectivity index (χ1v) is 11.9. The van der Waals surface area contributed by atoms with Gasteiger partial charge in [0.1, 0.15) is 0 Å². The number of aliphatic hydroxyl groups excluding tert-OH is 1. The van der Waals surface area contributed by atoms with Gasteiger partial charge in [0, 0.05) is 25.1 Å². The van der Waals surface area contributed by atoms with Crippen LogP contribution < -0.4 is 11.0 Å². The molecule has 0 aliphatic rings. The Hall–Kier alpha value is -3.01. The molecule has 2 aromatic carbocycles. The summed E-state index contributed by atoms with van der Waals surface area (Å²) in [7, 11) is -3.84. The molecule has 9 heteroatoms. The number of fused-ring (bicyclic) bond motifs is 1. The van der Waals surface area contributed by atoms with Crippen LogP contribution in [-0.2, 0) is 21.2 Å². The van der Waals surface area contributed by atoms with Gasteiger partial charge in [0.25, 0.3) is 11.5 Å². The quantitative estimate of drug-likeness (QED) is 0.369. The van der Waals surface area contributed by atoms with E-state index in [2.05, 4.69) is 0 Å². The van der Waals surface area contributed by atoms with E-state index < -0.39 is 26.6 Å². The molecule has 0 unspecified atom stereocenters. The van der Waals surface area contributed by atoms with E-state index in [1.807, 2.05) is 36.4 Å². The molecule has 1 amide bonds. The number of benzene rings is 2. The molecular formula is C23H26N2O6S. The predicted molar refractivity (Wildman–Crippen MR) is 122 cm³/mol. The fourth-order valence-electron chi connectivity index (χ4n) is 3.50. The lowest BCUT2D eigenvalue weighted by Gasteiger charge is -2.25. The molecule has 3 rings (SSSR count). The largest absolute Gasteiger partial charge is 0.389 e. The van der Waals surface area contributed by atoms with Gasteiger partial charge in [-0.05, 0) is 65.9 Å². The zero-order valence-corrected chi connectivity index (χ0v) is 18.9. The molecule has 0 radical (unpaired) electrons. The minimum absolute atomic E-state index is 0.0179. The number of hydrogen-bond acceptors (Lipinski definition) is 6. The Morgan fingerprint density at radius 2 is 1.72 bits per heavy atom. The molecule has 0 saturated heterocycles. The lowest BCUT2D eigenvalue weighted by Crippen LogP contribution is -2.49. The van der Waals surface area contributed by atoms with Gasteiger partial charge in [-0.3, -0.25) is 14.8 Å². The normalized spacial score (nSPS) is 14.7. The SMILES string of the molecule is C[C@H](O)c1ccc2cc(-c3ccn(CC[C@](C)(C(=O)NO)S(C)(=O)=O)c(=O)c3)ccc2c1. The lowest BCUT2D eigenvalue weighted by molar-refractivity contribution is -0.131. The third-order valence-corrected chi connectivity index (χ3v) is 7.93. The van der Waals surface area contributed by atoms with Gasteiger partial charge in [-0.25, -0.2) is 13.9 Å². The van der Waals surface area contributed by atoms with Crippen LogP contribution in [0.25, 0.3) is 21.9 Å². The number of sulfone groups is 1. The minimum Gasteiger partial charge on any atom is -0.389 e. The zero-order chi connectivity index (χ0) is 23.7. The number of carbonyl (C=O) groups excluding carboxylic acids is 1. The fraction of sp³-hybridized carbons (Fsp3) is 0.304. The summed E-state index contributed by atoms with van der Waals surface area (Å²) in [6.45, 7) is 2.90. The van der Waals surface area contributed by atoms with Crippen molar-refractivity contribution in [1.29, 1.82) is 0 Å². The van der Waals surface area contributed by atoms with Crippen molar-refractivity contribution in [2.45, 2.75) is 37.7 Å². The van der Waals surface area contributed by atoms with E-state index in [-0.39, 0.29) is 18.5 Å². The van der Waals surface area contributed by atoms with Gasteiger partial charge >= 0.3 is 0 Å². The first-order chi connectivity index (χ1) is 15.0. The average Bonchev–Trinajstić information content (AvgIpc) is 2.75. The molecule has 32 heavy (non-hydrogen) atoms. The summed E-state index contributed by atoms with van der Waals surface area (Å²) >= 11 is 0. The van der Waals surface area contributed by atoms with Gasteiger partial charge in [0.05, 0.1) is 6.10 Å². The van der Waals surface area contributed by atoms with Crippen LogP contribution in [0, 0.1) is 0 Å². The molecule has 1 heterocycles. The summed E-state index contributed by atoms with van der Waals surface area (Å²) in [5.74, 6) is -1.04. The lowest BCUT2D eigenvalue weighted by atomic mass is 9.99. The van der Waals surface area contributed by atoms with E-state index in [1.165, 1.54) is 23.0 Å². The number of aliphatic hydroxyl groups is 1. The van der Waals surface area contributed by atoms with Crippen molar-refractivity contribution in [1.82, 2.24) is 10.0 Å². The molecular weight excluding hydrogens is 432 g/mol. The third kappa shape index (κ3) is 4.59. The molecule has 0 fully saturated rings. The number of aromatic nitrogens is 1. The maximum absolute atomic E-state index is 12.6. The second-order valence-corrected chi connectivity index (χ2v) is 10.6. The molecule has 170 valence electrons. The van der Waals surface area contributed by atoms with Crippen molar-refractivity contribution in [2.24, 2.45) is 0 Å². The number of pyridine rings is 1. The van der Waals surface area contributed by atoms with Gasteiger partial charge < -0.3 is 9.67 Å². The molecule has 1 aromatic heterocycles. The fourth-order valence-corrected chi connectivity index (χ4v) is 4.34. The van der Waals surface area contributed by atoms with E-state index >= 15 is 0 Å². The Balaban J connectivity index is 1.87. The van der Waals surface area contributed by atoms with E-state index in [4.69, 9.17) is 5.21 Å². The second-order valence-electron chi connectivity index (χ2n) is 8.14. The van der Waals surface area contributed by atoms with Gasteiger partial charge in [-0.2, -0.15) is 0 Å². The van der Waals surface area contributed by atoms with Gasteiger partial charge in [-0.1, -0.05) is 24.3 Å². The summed E-state index contributed by atoms with van der Waals surface area (Å²) in [6, 6.07) is 14.7. The smallest absolute Gasteiger partial charge is 0.264 e. The van der Waals surface area contributed by atoms with Crippen LogP contribution in [0.3, 0.4) is 0 Å². The van der Waals surface area contributed by atoms with Crippen LogP contribution >= 0.6 is 0 Å². The monoisotopic (exact) mass is 458 g/mol. The van der Waals surface area contributed by atoms with Gasteiger partial charge in [0.2, 0.25) is 0 Å². The summed E-state index contributed by atoms with van der Waals surface area (Å²) in [6.07, 6.45) is 1.73. The third-order valence-electron chi connectivity index (χ3n) is 5.91. The number of nitrogens with zero attached hydrogens (tertiary/aromatic N) is 1. The number of amides is 1. The number of carbonyl (C=O) groups is 1. The number of rotatable bonds is 7. The second kappa shape index (κ2) is 8.85. The highest BCUT2D eigenvalue weighted by atomic mass is 32.2. The Kier molecular flexibility index (Phi) is 6.54. The van der Waals surface area contributed by atoms with Crippen molar-refractivity contribution >= 4 is 26.5 Å². The molecule has 2 atom stereocenters. The Morgan fingerprint density at radius 3 is 2.31 bits per heavy atom. The highest BCUT2D eigenvalue weighted by Gasteiger charge is 2.43. The van der Waals surface area contributed by atoms with Crippen LogP contribution in [0.5, 0.6) is 0 Å². The Bertz CT molecular complexity index is 1330. The standard InChI is InChI=1S/C23H26N2O6S/c1-15(26)16-4-5-18-13-19(7-6-17(18)12-16)20-8-10-25(21(27)14-20)11-9-23(2,22(28)24-29)32(3,30)31/h4-8,10,12-15,26,29H,9,11H2,1-3H3,(H,24,28)/t15-,23+/m0/s1. The summed E-state index contributed by atoms with van der Waals surface area (Å²) in [5.41, 5.74) is 3.42. The molecule has 0 spiro atoms. The average molecular weight is 459 g/mol. The van der Waals surface area contributed by atoms with Crippen molar-refractivity contribution < 1.29 is 23.5 Å². The van der Waals surface area contributed by atoms with E-state index in [0.717, 1.165) is 28.2 Å². The number of hydroxylamine groups is 1. The number of hydrogen-bond donors (Lipinski definition) is 3. The van der Waals surface area contributed by atoms with Crippen LogP contribution in [0.4, 0.5) is 0 Å². The van der Waals surface area contributed by atoms with E-state index in [1.54, 1.807) is 19.2 Å². The maximum Gasteiger partial charge on any atom is 0.264 e. The molecule has 0 aliphatic heterocycles. The molecule has 3 aromatic rings. The number of nitrogens with one attached hydrogen (secondary N) is 1. The first kappa shape index (κ1) is 23.6. The van der Waals surface area contributed by atoms with Crippen LogP contribution in [0.2, 0.25) is 0 Å². The highest BCUT2D eigenvalue weighted by Crippen LogP contribution is 2.26. The van der Waals surface area contributed by atoms with Crippen LogP contribution in [0.15, 0.2) is 59.5 Å². The zero-order valence-electron chi connectivity index (χ0n) is 18.1. The maximum atomic E-state index is 12.6. The van der Waals surface area contributed by atoms with Crippen LogP contribution in [0.1, 0.15) is 31.9 Å². The van der Waals surface area contributed by atoms with Crippen molar-refractivity contribution in [3.05, 3.63) is 70.6 Å². The molecule has 3 N–H and O–H groups in total. The Labute approximate surface area is 186 Å². The summed E-state index contributed by atoms with van der Waals surface area (Å²) < 4.78 is 23.6. The Morgan fingerprint density at radius 1 is 1.09 bits per heavy atom. The van der Waals surface area contributed by atoms with Gasteiger partial charge in [-0.15, -0.1) is 0 Å². The van der Waals surface area contributed by atoms with Crippen LogP contribution in [-0.4, -0.2) is 40.2 Å². The van der Waals surface area contributed by atoms with E-state index in [9.17, 15) is 23.1 Å². The minimum atomic E-state index is -3.84. The predicted octanol–water partition coefficient (Wildman–Crippen LogP) is 2.42. The first-order valence-electron chi connectivity index (χ1n) is 10.0. The molecule has 0 bridgehead atoms. The highest BCUT2D eigenvalue weighted by molar-refractivity contribution is 7.92. The van der Waals surface area contributed by atoms with E-state index in [0.29, 0.717) is 5.56 Å². The number of aryl methyl sites for hydroxylation is 1. The van der Waals surface area contributed by atoms with Crippen molar-refractivity contribution in [3.63, 3.8) is 0 Å². The van der Waals surface area contributed by atoms with Gasteiger partial charge in [0.15, 0.2) is 14.6 Å².